The zero-order valence-corrected chi connectivity index (χ0v) is 29.6. The number of esters is 1. The molecular formula is C35H51N4O8P. The zero-order valence-electron chi connectivity index (χ0n) is 28.7. The number of nitrogens with zero attached hydrogens (tertiary/aromatic N) is 4. The predicted octanol–water partition coefficient (Wildman–Crippen LogP) is 6.34. The van der Waals surface area contributed by atoms with Gasteiger partial charge < -0.3 is 24.2 Å². The molecule has 0 radical (unpaired) electrons. The van der Waals surface area contributed by atoms with Gasteiger partial charge in [0.25, 0.3) is 0 Å². The first-order valence-electron chi connectivity index (χ1n) is 17.5. The highest BCUT2D eigenvalue weighted by atomic mass is 31.2. The van der Waals surface area contributed by atoms with E-state index in [1.54, 1.807) is 24.5 Å². The maximum Gasteiger partial charge on any atom is 0.383 e. The van der Waals surface area contributed by atoms with E-state index >= 15 is 4.57 Å². The fourth-order valence-corrected chi connectivity index (χ4v) is 9.32. The van der Waals surface area contributed by atoms with Gasteiger partial charge in [-0.1, -0.05) is 58.8 Å². The van der Waals surface area contributed by atoms with Crippen LogP contribution >= 0.6 is 7.60 Å². The number of aliphatic hydroxyl groups is 2. The first-order chi connectivity index (χ1) is 23.1. The molecule has 9 atom stereocenters. The second-order valence-electron chi connectivity index (χ2n) is 13.3. The quantitative estimate of drug-likeness (QED) is 0.179. The Labute approximate surface area is 283 Å². The molecule has 0 spiro atoms. The molecule has 264 valence electrons. The number of hydrogen-bond donors (Lipinski definition) is 2. The molecule has 1 saturated carbocycles. The van der Waals surface area contributed by atoms with Crippen LogP contribution < -0.4 is 0 Å². The van der Waals surface area contributed by atoms with Gasteiger partial charge >= 0.3 is 13.6 Å². The van der Waals surface area contributed by atoms with Gasteiger partial charge in [-0.25, -0.2) is 19.5 Å². The molecule has 12 nitrogen and oxygen atoms in total. The zero-order chi connectivity index (χ0) is 34.4. The minimum absolute atomic E-state index is 0.100. The minimum Gasteiger partial charge on any atom is -0.462 e. The van der Waals surface area contributed by atoms with Crippen molar-refractivity contribution in [2.45, 2.75) is 135 Å². The van der Waals surface area contributed by atoms with Crippen molar-refractivity contribution in [2.24, 2.45) is 11.8 Å². The highest BCUT2D eigenvalue weighted by Crippen LogP contribution is 2.60. The van der Waals surface area contributed by atoms with E-state index in [2.05, 4.69) is 15.0 Å². The maximum atomic E-state index is 15.1. The van der Waals surface area contributed by atoms with Gasteiger partial charge in [0.2, 0.25) is 0 Å². The number of fused-ring (bicyclic) bond motifs is 1. The monoisotopic (exact) mass is 686 g/mol. The largest absolute Gasteiger partial charge is 0.462 e. The van der Waals surface area contributed by atoms with E-state index in [9.17, 15) is 15.0 Å². The van der Waals surface area contributed by atoms with E-state index in [-0.39, 0.29) is 12.0 Å². The summed E-state index contributed by atoms with van der Waals surface area (Å²) in [6.45, 7) is 9.24. The van der Waals surface area contributed by atoms with Crippen molar-refractivity contribution in [3.8, 4) is 0 Å². The molecule has 1 aliphatic heterocycles. The topological polar surface area (TPSA) is 155 Å². The average molecular weight is 687 g/mol. The molecule has 48 heavy (non-hydrogen) atoms. The standard InChI is InChI=1S/C35H51N4O8P/c1-6-14-27-29-33(37-20-36-27)39(21-38-29)34-31(41)30(40)32(45-34)24(5)46-48(43,47-26-18-13-8-10-15-22(3)19-26)28(7-2)23(4)35(42)44-25-16-11-9-12-17-25/h8,10,13,18-25,28,30-32,34,40-41H,6-7,9,11-12,14-17H2,1-5H3. The van der Waals surface area contributed by atoms with Crippen LogP contribution in [0.5, 0.6) is 0 Å². The van der Waals surface area contributed by atoms with Crippen molar-refractivity contribution >= 4 is 24.7 Å². The van der Waals surface area contributed by atoms with Crippen LogP contribution in [0.4, 0.5) is 0 Å². The summed E-state index contributed by atoms with van der Waals surface area (Å²) in [6.07, 6.45) is 13.7. The summed E-state index contributed by atoms with van der Waals surface area (Å²) in [5, 5.41) is 22.4. The van der Waals surface area contributed by atoms with Crippen molar-refractivity contribution in [3.05, 3.63) is 54.5 Å². The number of ether oxygens (including phenoxy) is 2. The lowest BCUT2D eigenvalue weighted by molar-refractivity contribution is -0.155. The van der Waals surface area contributed by atoms with Gasteiger partial charge in [0.05, 0.1) is 29.7 Å². The number of rotatable bonds is 13. The summed E-state index contributed by atoms with van der Waals surface area (Å²) in [7, 11) is -4.17. The Morgan fingerprint density at radius 1 is 1.10 bits per heavy atom. The van der Waals surface area contributed by atoms with E-state index in [1.165, 1.54) is 12.7 Å². The predicted molar refractivity (Wildman–Crippen MR) is 181 cm³/mol. The third kappa shape index (κ3) is 8.11. The van der Waals surface area contributed by atoms with Crippen LogP contribution in [0.25, 0.3) is 11.2 Å². The minimum atomic E-state index is -4.17. The molecule has 1 saturated heterocycles. The van der Waals surface area contributed by atoms with Gasteiger partial charge in [-0.05, 0) is 69.9 Å². The molecule has 3 aliphatic rings. The van der Waals surface area contributed by atoms with Gasteiger partial charge in [0.15, 0.2) is 11.9 Å². The molecule has 0 amide bonds. The van der Waals surface area contributed by atoms with Crippen LogP contribution in [0, 0.1) is 11.8 Å². The van der Waals surface area contributed by atoms with Crippen molar-refractivity contribution < 1.29 is 38.1 Å². The normalized spacial score (nSPS) is 28.2. The van der Waals surface area contributed by atoms with Gasteiger partial charge in [-0.15, -0.1) is 0 Å². The number of carbonyl (C=O) groups is 1. The van der Waals surface area contributed by atoms with Crippen molar-refractivity contribution in [3.63, 3.8) is 0 Å². The summed E-state index contributed by atoms with van der Waals surface area (Å²) in [5.41, 5.74) is 0.993. The molecule has 9 unspecified atom stereocenters. The summed E-state index contributed by atoms with van der Waals surface area (Å²) < 4.78 is 41.5. The fourth-order valence-electron chi connectivity index (χ4n) is 6.87. The Bertz CT molecular complexity index is 1540. The van der Waals surface area contributed by atoms with E-state index < -0.39 is 55.8 Å². The summed E-state index contributed by atoms with van der Waals surface area (Å²) in [5.74, 6) is -0.765. The van der Waals surface area contributed by atoms with Gasteiger partial charge in [0.1, 0.15) is 42.0 Å². The second-order valence-corrected chi connectivity index (χ2v) is 15.5. The molecule has 2 aromatic heterocycles. The number of allylic oxidation sites excluding steroid dienone is 5. The SMILES string of the molecule is CCCc1ncnc2c1ncn2C1OC(C(C)OP(=O)(OC2=CC(C)CC=CC=C2)C(CC)C(C)C(=O)OC2CCCCC2)C(O)C1O. The van der Waals surface area contributed by atoms with Crippen LogP contribution in [0.2, 0.25) is 0 Å². The molecule has 2 N–H and O–H groups in total. The Hall–Kier alpha value is -2.89. The van der Waals surface area contributed by atoms with E-state index in [1.807, 2.05) is 45.1 Å². The number of carbonyl (C=O) groups excluding carboxylic acids is 1. The molecule has 2 aromatic rings. The van der Waals surface area contributed by atoms with Crippen LogP contribution in [-0.2, 0) is 34.3 Å². The van der Waals surface area contributed by atoms with Crippen LogP contribution in [0.3, 0.4) is 0 Å². The van der Waals surface area contributed by atoms with Crippen LogP contribution in [0.15, 0.2) is 48.8 Å². The number of aryl methyl sites for hydroxylation is 1. The number of hydrogen-bond acceptors (Lipinski definition) is 11. The Morgan fingerprint density at radius 2 is 1.88 bits per heavy atom. The summed E-state index contributed by atoms with van der Waals surface area (Å²) >= 11 is 0. The van der Waals surface area contributed by atoms with Gasteiger partial charge in [-0.3, -0.25) is 13.9 Å². The van der Waals surface area contributed by atoms with Crippen molar-refractivity contribution in [2.75, 3.05) is 0 Å². The molecule has 2 fully saturated rings. The lowest BCUT2D eigenvalue weighted by atomic mass is 9.97. The highest BCUT2D eigenvalue weighted by Gasteiger charge is 2.51. The van der Waals surface area contributed by atoms with Gasteiger partial charge in [0, 0.05) is 0 Å². The molecule has 0 aromatic carbocycles. The number of aromatic nitrogens is 4. The molecule has 3 heterocycles. The molecule has 2 aliphatic carbocycles. The fraction of sp³-hybridized carbons (Fsp3) is 0.657. The third-order valence-corrected chi connectivity index (χ3v) is 12.3. The highest BCUT2D eigenvalue weighted by molar-refractivity contribution is 7.54. The Kier molecular flexibility index (Phi) is 12.3. The summed E-state index contributed by atoms with van der Waals surface area (Å²) in [6, 6.07) is 0. The summed E-state index contributed by atoms with van der Waals surface area (Å²) in [4.78, 5) is 26.7. The number of imidazole rings is 1. The Balaban J connectivity index is 1.41. The molecular weight excluding hydrogens is 635 g/mol. The smallest absolute Gasteiger partial charge is 0.383 e. The number of aliphatic hydroxyl groups excluding tert-OH is 2. The lowest BCUT2D eigenvalue weighted by Crippen LogP contribution is -2.39. The van der Waals surface area contributed by atoms with Crippen molar-refractivity contribution in [1.29, 1.82) is 0 Å². The van der Waals surface area contributed by atoms with E-state index in [0.717, 1.165) is 50.6 Å². The van der Waals surface area contributed by atoms with Crippen LogP contribution in [0.1, 0.15) is 97.9 Å². The van der Waals surface area contributed by atoms with Crippen molar-refractivity contribution in [1.82, 2.24) is 19.5 Å². The second kappa shape index (κ2) is 16.2. The van der Waals surface area contributed by atoms with Crippen LogP contribution in [-0.4, -0.2) is 71.9 Å². The van der Waals surface area contributed by atoms with E-state index in [0.29, 0.717) is 29.8 Å². The molecule has 0 bridgehead atoms. The lowest BCUT2D eigenvalue weighted by Gasteiger charge is -2.34. The van der Waals surface area contributed by atoms with Gasteiger partial charge in [-0.2, -0.15) is 0 Å². The average Bonchev–Trinajstić information content (AvgIpc) is 3.61. The van der Waals surface area contributed by atoms with E-state index in [4.69, 9.17) is 18.5 Å². The molecule has 13 heteroatoms. The third-order valence-electron chi connectivity index (χ3n) is 9.55. The Morgan fingerprint density at radius 3 is 2.60 bits per heavy atom. The first-order valence-corrected chi connectivity index (χ1v) is 19.1. The maximum absolute atomic E-state index is 15.1. The molecule has 5 rings (SSSR count). The first kappa shape index (κ1) is 36.4.